The van der Waals surface area contributed by atoms with Gasteiger partial charge in [-0.15, -0.1) is 11.8 Å². The smallest absolute Gasteiger partial charge is 0.353 e. The monoisotopic (exact) mass is 383 g/mol. The number of nitrogens with zero attached hydrogens (tertiary/aromatic N) is 3. The summed E-state index contributed by atoms with van der Waals surface area (Å²) in [6.45, 7) is 6.16. The van der Waals surface area contributed by atoms with Crippen LogP contribution in [0.1, 0.15) is 13.8 Å². The highest BCUT2D eigenvalue weighted by molar-refractivity contribution is 8.14. The topological polar surface area (TPSA) is 93.4 Å². The standard InChI is InChI=1S/C16H21N3O4S2/c1-7-11-10(8(2)20)14(21)19(11)12(15(22)23)13(7)25-9-5-18(6-9)16-17-3-4-24-16/h7-11,20H,3-6H2,1-2H3,(H,22,23)/t7-,8-,10-,11+/m1/s1. The molecule has 2 saturated heterocycles. The van der Waals surface area contributed by atoms with E-state index in [1.807, 2.05) is 6.92 Å². The Morgan fingerprint density at radius 2 is 2.16 bits per heavy atom. The van der Waals surface area contributed by atoms with Gasteiger partial charge in [-0.2, -0.15) is 0 Å². The van der Waals surface area contributed by atoms with Gasteiger partial charge in [0.15, 0.2) is 5.17 Å². The van der Waals surface area contributed by atoms with Crippen molar-refractivity contribution in [3.8, 4) is 0 Å². The van der Waals surface area contributed by atoms with E-state index in [1.54, 1.807) is 30.4 Å². The van der Waals surface area contributed by atoms with Gasteiger partial charge in [-0.3, -0.25) is 9.79 Å². The van der Waals surface area contributed by atoms with Crippen LogP contribution in [0.2, 0.25) is 0 Å². The second-order valence-corrected chi connectivity index (χ2v) is 9.33. The fourth-order valence-corrected chi connectivity index (χ4v) is 6.44. The van der Waals surface area contributed by atoms with E-state index in [-0.39, 0.29) is 23.6 Å². The number of rotatable bonds is 4. The number of likely N-dealkylation sites (tertiary alicyclic amines) is 1. The molecule has 9 heteroatoms. The minimum atomic E-state index is -1.05. The van der Waals surface area contributed by atoms with E-state index in [1.165, 1.54) is 4.90 Å². The molecule has 2 fully saturated rings. The summed E-state index contributed by atoms with van der Waals surface area (Å²) in [5.74, 6) is -0.841. The van der Waals surface area contributed by atoms with Gasteiger partial charge < -0.3 is 20.0 Å². The Balaban J connectivity index is 1.49. The first-order valence-corrected chi connectivity index (χ1v) is 10.3. The van der Waals surface area contributed by atoms with E-state index >= 15 is 0 Å². The van der Waals surface area contributed by atoms with Crippen LogP contribution in [0.15, 0.2) is 15.6 Å². The molecule has 0 aliphatic carbocycles. The van der Waals surface area contributed by atoms with E-state index in [2.05, 4.69) is 9.89 Å². The van der Waals surface area contributed by atoms with E-state index in [9.17, 15) is 19.8 Å². The van der Waals surface area contributed by atoms with Crippen LogP contribution in [0.5, 0.6) is 0 Å². The molecule has 25 heavy (non-hydrogen) atoms. The molecule has 7 nitrogen and oxygen atoms in total. The van der Waals surface area contributed by atoms with Crippen LogP contribution < -0.4 is 0 Å². The zero-order valence-electron chi connectivity index (χ0n) is 14.1. The number of hydrogen-bond donors (Lipinski definition) is 2. The number of thioether (sulfide) groups is 2. The summed E-state index contributed by atoms with van der Waals surface area (Å²) in [4.78, 5) is 33.0. The van der Waals surface area contributed by atoms with Gasteiger partial charge >= 0.3 is 5.97 Å². The first kappa shape index (κ1) is 17.2. The first-order chi connectivity index (χ1) is 11.9. The van der Waals surface area contributed by atoms with Crippen molar-refractivity contribution in [1.29, 1.82) is 0 Å². The predicted octanol–water partition coefficient (Wildman–Crippen LogP) is 0.660. The molecule has 4 aliphatic rings. The average Bonchev–Trinajstić information content (AvgIpc) is 3.08. The van der Waals surface area contributed by atoms with E-state index in [4.69, 9.17) is 0 Å². The van der Waals surface area contributed by atoms with Gasteiger partial charge in [-0.1, -0.05) is 18.7 Å². The predicted molar refractivity (Wildman–Crippen MR) is 97.3 cm³/mol. The van der Waals surface area contributed by atoms with Crippen LogP contribution in [-0.4, -0.2) is 79.8 Å². The molecule has 4 rings (SSSR count). The Morgan fingerprint density at radius 3 is 2.72 bits per heavy atom. The number of aliphatic hydroxyl groups is 1. The lowest BCUT2D eigenvalue weighted by Crippen LogP contribution is -2.63. The lowest BCUT2D eigenvalue weighted by atomic mass is 9.79. The van der Waals surface area contributed by atoms with Crippen LogP contribution >= 0.6 is 23.5 Å². The van der Waals surface area contributed by atoms with Crippen LogP contribution in [0.25, 0.3) is 0 Å². The molecular formula is C16H21N3O4S2. The molecule has 4 heterocycles. The van der Waals surface area contributed by atoms with Gasteiger partial charge in [-0.05, 0) is 6.92 Å². The SMILES string of the molecule is C[C@@H](O)[C@H]1C(=O)N2C(C(=O)O)=C(SC3CN(C4=NCCS4)C3)[C@H](C)[C@@H]12. The molecule has 0 aromatic rings. The quantitative estimate of drug-likeness (QED) is 0.689. The highest BCUT2D eigenvalue weighted by Crippen LogP contribution is 2.52. The number of β-lactam (4-membered cyclic amide) rings is 1. The summed E-state index contributed by atoms with van der Waals surface area (Å²) < 4.78 is 0. The molecule has 0 unspecified atom stereocenters. The van der Waals surface area contributed by atoms with Crippen LogP contribution in [0, 0.1) is 11.8 Å². The van der Waals surface area contributed by atoms with Crippen LogP contribution in [0.4, 0.5) is 0 Å². The van der Waals surface area contributed by atoms with Crippen molar-refractivity contribution in [3.63, 3.8) is 0 Å². The minimum absolute atomic E-state index is 0.0550. The number of aliphatic carboxylic acids is 1. The maximum absolute atomic E-state index is 12.3. The van der Waals surface area contributed by atoms with Crippen molar-refractivity contribution in [2.24, 2.45) is 16.8 Å². The van der Waals surface area contributed by atoms with Crippen LogP contribution in [-0.2, 0) is 9.59 Å². The number of fused-ring (bicyclic) bond motifs is 1. The van der Waals surface area contributed by atoms with Crippen molar-refractivity contribution in [2.75, 3.05) is 25.4 Å². The van der Waals surface area contributed by atoms with Crippen molar-refractivity contribution in [3.05, 3.63) is 10.6 Å². The maximum Gasteiger partial charge on any atom is 0.353 e. The summed E-state index contributed by atoms with van der Waals surface area (Å²) in [6, 6.07) is -0.230. The Morgan fingerprint density at radius 1 is 1.44 bits per heavy atom. The molecule has 4 atom stereocenters. The molecule has 0 aromatic heterocycles. The molecule has 4 aliphatic heterocycles. The third kappa shape index (κ3) is 2.59. The molecule has 0 saturated carbocycles. The summed E-state index contributed by atoms with van der Waals surface area (Å²) in [6.07, 6.45) is -0.757. The summed E-state index contributed by atoms with van der Waals surface area (Å²) >= 11 is 3.35. The normalized spacial score (nSPS) is 33.2. The molecular weight excluding hydrogens is 362 g/mol. The fraction of sp³-hybridized carbons (Fsp3) is 0.688. The van der Waals surface area contributed by atoms with E-state index in [0.29, 0.717) is 5.25 Å². The number of carboxylic acid groups (broad SMARTS) is 1. The van der Waals surface area contributed by atoms with Crippen molar-refractivity contribution < 1.29 is 19.8 Å². The lowest BCUT2D eigenvalue weighted by Gasteiger charge is -2.46. The minimum Gasteiger partial charge on any atom is -0.477 e. The zero-order valence-corrected chi connectivity index (χ0v) is 15.7. The van der Waals surface area contributed by atoms with Crippen molar-refractivity contribution in [2.45, 2.75) is 31.2 Å². The van der Waals surface area contributed by atoms with Gasteiger partial charge in [-0.25, -0.2) is 4.79 Å². The highest BCUT2D eigenvalue weighted by Gasteiger charge is 2.60. The van der Waals surface area contributed by atoms with Gasteiger partial charge in [0.05, 0.1) is 24.6 Å². The molecule has 1 amide bonds. The van der Waals surface area contributed by atoms with E-state index in [0.717, 1.165) is 35.5 Å². The lowest BCUT2D eigenvalue weighted by molar-refractivity contribution is -0.163. The number of amidine groups is 1. The Labute approximate surface area is 154 Å². The van der Waals surface area contributed by atoms with E-state index < -0.39 is 18.0 Å². The molecule has 136 valence electrons. The second kappa shape index (κ2) is 6.21. The third-order valence-corrected chi connectivity index (χ3v) is 7.78. The number of amides is 1. The van der Waals surface area contributed by atoms with Gasteiger partial charge in [0.2, 0.25) is 5.91 Å². The molecule has 0 radical (unpaired) electrons. The molecule has 0 spiro atoms. The summed E-state index contributed by atoms with van der Waals surface area (Å²) in [7, 11) is 0. The van der Waals surface area contributed by atoms with Gasteiger partial charge in [0.1, 0.15) is 5.70 Å². The average molecular weight is 383 g/mol. The second-order valence-electron chi connectivity index (χ2n) is 6.93. The zero-order chi connectivity index (χ0) is 17.9. The number of carboxylic acids is 1. The number of hydrogen-bond acceptors (Lipinski definition) is 7. The van der Waals surface area contributed by atoms with Gasteiger partial charge in [0, 0.05) is 34.9 Å². The molecule has 0 aromatic carbocycles. The van der Waals surface area contributed by atoms with Crippen LogP contribution in [0.3, 0.4) is 0 Å². The summed E-state index contributed by atoms with van der Waals surface area (Å²) in [5, 5.41) is 20.9. The Hall–Kier alpha value is -1.19. The number of aliphatic imine (C=N–C) groups is 1. The number of carbonyl (C=O) groups excluding carboxylic acids is 1. The third-order valence-electron chi connectivity index (χ3n) is 5.29. The van der Waals surface area contributed by atoms with Crippen molar-refractivity contribution in [1.82, 2.24) is 9.80 Å². The maximum atomic E-state index is 12.3. The molecule has 2 N–H and O–H groups in total. The molecule has 0 bridgehead atoms. The first-order valence-electron chi connectivity index (χ1n) is 8.47. The fourth-order valence-electron chi connectivity index (χ4n) is 4.04. The van der Waals surface area contributed by atoms with Gasteiger partial charge in [0.25, 0.3) is 0 Å². The Kier molecular flexibility index (Phi) is 4.28. The number of carbonyl (C=O) groups is 2. The van der Waals surface area contributed by atoms with Crippen molar-refractivity contribution >= 4 is 40.6 Å². The largest absolute Gasteiger partial charge is 0.477 e. The highest BCUT2D eigenvalue weighted by atomic mass is 32.2. The summed E-state index contributed by atoms with van der Waals surface area (Å²) in [5.41, 5.74) is 0.121. The Bertz CT molecular complexity index is 687. The number of aliphatic hydroxyl groups excluding tert-OH is 1.